The predicted octanol–water partition coefficient (Wildman–Crippen LogP) is 4.85. The van der Waals surface area contributed by atoms with E-state index in [1.807, 2.05) is 18.2 Å². The van der Waals surface area contributed by atoms with E-state index >= 15 is 0 Å². The zero-order chi connectivity index (χ0) is 29.2. The normalized spacial score (nSPS) is 11.5. The van der Waals surface area contributed by atoms with Gasteiger partial charge in [0.05, 0.1) is 24.6 Å². The minimum absolute atomic E-state index is 0.00512. The van der Waals surface area contributed by atoms with Crippen LogP contribution in [0.2, 0.25) is 0 Å². The summed E-state index contributed by atoms with van der Waals surface area (Å²) in [6.07, 6.45) is 0.262. The Bertz CT molecular complexity index is 1560. The number of halogens is 3. The molecule has 2 aromatic heterocycles. The summed E-state index contributed by atoms with van der Waals surface area (Å²) < 4.78 is 47.5. The van der Waals surface area contributed by atoms with Crippen molar-refractivity contribution in [3.63, 3.8) is 0 Å². The molecule has 0 bridgehead atoms. The van der Waals surface area contributed by atoms with E-state index in [0.717, 1.165) is 29.0 Å². The van der Waals surface area contributed by atoms with Crippen LogP contribution in [0.3, 0.4) is 0 Å². The Balaban J connectivity index is 1.19. The lowest BCUT2D eigenvalue weighted by molar-refractivity contribution is -0.274. The van der Waals surface area contributed by atoms with E-state index in [9.17, 15) is 18.0 Å². The first-order valence-corrected chi connectivity index (χ1v) is 13.0. The summed E-state index contributed by atoms with van der Waals surface area (Å²) >= 11 is 0. The molecule has 4 N–H and O–H groups in total. The summed E-state index contributed by atoms with van der Waals surface area (Å²) in [5.41, 5.74) is 7.51. The Kier molecular flexibility index (Phi) is 9.89. The molecule has 0 fully saturated rings. The molecule has 0 aliphatic carbocycles. The number of nitrogens with two attached hydrogens (primary N) is 1. The second-order valence-corrected chi connectivity index (χ2v) is 9.27. The van der Waals surface area contributed by atoms with E-state index in [-0.39, 0.29) is 12.2 Å². The number of hydrogen-bond acceptors (Lipinski definition) is 8. The second-order valence-electron chi connectivity index (χ2n) is 9.27. The molecule has 214 valence electrons. The molecule has 12 heteroatoms. The minimum atomic E-state index is -4.79. The van der Waals surface area contributed by atoms with Crippen molar-refractivity contribution in [3.8, 4) is 11.8 Å². The lowest BCUT2D eigenvalue weighted by Crippen LogP contribution is -2.18. The van der Waals surface area contributed by atoms with Crippen LogP contribution in [0.15, 0.2) is 54.9 Å². The van der Waals surface area contributed by atoms with Crippen molar-refractivity contribution < 1.29 is 27.4 Å². The molecule has 0 saturated carbocycles. The molecule has 4 aromatic rings. The van der Waals surface area contributed by atoms with Gasteiger partial charge in [0, 0.05) is 53.8 Å². The Morgan fingerprint density at radius 3 is 2.61 bits per heavy atom. The number of hydrogen-bond donors (Lipinski definition) is 3. The number of nitriles is 1. The second kappa shape index (κ2) is 13.7. The van der Waals surface area contributed by atoms with Crippen molar-refractivity contribution in [3.05, 3.63) is 71.5 Å². The lowest BCUT2D eigenvalue weighted by Gasteiger charge is -2.13. The number of unbranched alkanes of at least 4 members (excludes halogenated alkanes) is 1. The van der Waals surface area contributed by atoms with Crippen molar-refractivity contribution in [2.24, 2.45) is 5.73 Å². The maximum absolute atomic E-state index is 12.6. The van der Waals surface area contributed by atoms with Gasteiger partial charge in [-0.05, 0) is 60.8 Å². The van der Waals surface area contributed by atoms with Crippen LogP contribution in [-0.4, -0.2) is 48.5 Å². The van der Waals surface area contributed by atoms with Gasteiger partial charge >= 0.3 is 6.36 Å². The molecule has 0 saturated heterocycles. The smallest absolute Gasteiger partial charge is 0.406 e. The summed E-state index contributed by atoms with van der Waals surface area (Å²) in [5, 5.41) is 18.1. The van der Waals surface area contributed by atoms with E-state index in [0.29, 0.717) is 60.9 Å². The van der Waals surface area contributed by atoms with Crippen LogP contribution in [0.25, 0.3) is 21.7 Å². The van der Waals surface area contributed by atoms with Gasteiger partial charge in [-0.15, -0.1) is 13.2 Å². The highest BCUT2D eigenvalue weighted by atomic mass is 19.4. The number of carbonyl (C=O) groups excluding carboxylic acids is 1. The molecular weight excluding hydrogens is 537 g/mol. The van der Waals surface area contributed by atoms with Gasteiger partial charge in [0.15, 0.2) is 0 Å². The number of fused-ring (bicyclic) bond motifs is 3. The molecule has 0 spiro atoms. The molecule has 2 aromatic carbocycles. The van der Waals surface area contributed by atoms with Crippen LogP contribution in [0.1, 0.15) is 34.3 Å². The fraction of sp³-hybridized carbons (Fsp3) is 0.310. The van der Waals surface area contributed by atoms with E-state index in [1.165, 1.54) is 12.1 Å². The molecule has 2 heterocycles. The number of primary amides is 1. The largest absolute Gasteiger partial charge is 0.573 e. The monoisotopic (exact) mass is 566 g/mol. The standard InChI is InChI=1S/C29H29F3N6O3/c30-29(31,32)41-22-14-19(5-7-33)13-20(15-22)17-35-8-1-2-11-40-12-10-37-28-24-6-9-36-18-25(24)23-4-3-21(27(34)39)16-26(23)38-28/h3-4,6,9,13-16,18,35H,1-2,5,8,10-12,17H2,(H2,34,39)(H,37,38). The Morgan fingerprint density at radius 2 is 1.83 bits per heavy atom. The van der Waals surface area contributed by atoms with Crippen molar-refractivity contribution in [1.29, 1.82) is 5.26 Å². The Labute approximate surface area is 234 Å². The molecule has 1 amide bonds. The van der Waals surface area contributed by atoms with Gasteiger partial charge in [-0.2, -0.15) is 5.26 Å². The van der Waals surface area contributed by atoms with Crippen LogP contribution < -0.4 is 21.1 Å². The lowest BCUT2D eigenvalue weighted by atomic mass is 10.1. The molecular formula is C29H29F3N6O3. The van der Waals surface area contributed by atoms with Crippen molar-refractivity contribution in [2.45, 2.75) is 32.2 Å². The number of pyridine rings is 2. The van der Waals surface area contributed by atoms with Gasteiger partial charge in [-0.25, -0.2) is 4.98 Å². The number of benzene rings is 2. The number of anilines is 1. The molecule has 0 unspecified atom stereocenters. The van der Waals surface area contributed by atoms with Gasteiger partial charge in [-0.1, -0.05) is 12.1 Å². The topological polar surface area (TPSA) is 135 Å². The minimum Gasteiger partial charge on any atom is -0.406 e. The maximum atomic E-state index is 12.6. The molecule has 0 radical (unpaired) electrons. The number of nitrogens with one attached hydrogen (secondary N) is 2. The van der Waals surface area contributed by atoms with Crippen LogP contribution in [0, 0.1) is 11.3 Å². The maximum Gasteiger partial charge on any atom is 0.573 e. The van der Waals surface area contributed by atoms with Crippen molar-refractivity contribution >= 4 is 33.4 Å². The van der Waals surface area contributed by atoms with Crippen LogP contribution in [-0.2, 0) is 17.7 Å². The quantitative estimate of drug-likeness (QED) is 0.146. The first-order valence-electron chi connectivity index (χ1n) is 13.0. The first-order chi connectivity index (χ1) is 19.7. The average molecular weight is 567 g/mol. The van der Waals surface area contributed by atoms with Crippen molar-refractivity contribution in [1.82, 2.24) is 15.3 Å². The van der Waals surface area contributed by atoms with Gasteiger partial charge in [-0.3, -0.25) is 9.78 Å². The molecule has 9 nitrogen and oxygen atoms in total. The molecule has 0 aliphatic heterocycles. The first kappa shape index (κ1) is 29.5. The zero-order valence-corrected chi connectivity index (χ0v) is 22.1. The van der Waals surface area contributed by atoms with Gasteiger partial charge in [0.25, 0.3) is 0 Å². The Hall–Kier alpha value is -4.47. The Morgan fingerprint density at radius 1 is 1.00 bits per heavy atom. The third kappa shape index (κ3) is 8.51. The summed E-state index contributed by atoms with van der Waals surface area (Å²) in [4.78, 5) is 20.5. The summed E-state index contributed by atoms with van der Waals surface area (Å²) in [6.45, 7) is 2.51. The van der Waals surface area contributed by atoms with E-state index in [2.05, 4.69) is 25.3 Å². The number of amides is 1. The fourth-order valence-electron chi connectivity index (χ4n) is 4.38. The summed E-state index contributed by atoms with van der Waals surface area (Å²) in [7, 11) is 0. The molecule has 0 aliphatic rings. The molecule has 4 rings (SSSR count). The van der Waals surface area contributed by atoms with Crippen LogP contribution in [0.4, 0.5) is 19.0 Å². The highest BCUT2D eigenvalue weighted by molar-refractivity contribution is 6.11. The number of alkyl halides is 3. The number of rotatable bonds is 14. The third-order valence-electron chi connectivity index (χ3n) is 6.18. The predicted molar refractivity (Wildman–Crippen MR) is 148 cm³/mol. The summed E-state index contributed by atoms with van der Waals surface area (Å²) in [6, 6.07) is 13.2. The average Bonchev–Trinajstić information content (AvgIpc) is 2.92. The number of carbonyl (C=O) groups is 1. The van der Waals surface area contributed by atoms with E-state index in [4.69, 9.17) is 15.7 Å². The van der Waals surface area contributed by atoms with Crippen LogP contribution in [0.5, 0.6) is 5.75 Å². The van der Waals surface area contributed by atoms with Crippen LogP contribution >= 0.6 is 0 Å². The third-order valence-corrected chi connectivity index (χ3v) is 6.18. The zero-order valence-electron chi connectivity index (χ0n) is 22.1. The summed E-state index contributed by atoms with van der Waals surface area (Å²) in [5.74, 6) is -0.192. The van der Waals surface area contributed by atoms with Gasteiger partial charge < -0.3 is 25.8 Å². The number of ether oxygens (including phenoxy) is 2. The van der Waals surface area contributed by atoms with Gasteiger partial charge in [0.1, 0.15) is 11.6 Å². The fourth-order valence-corrected chi connectivity index (χ4v) is 4.38. The van der Waals surface area contributed by atoms with Crippen molar-refractivity contribution in [2.75, 3.05) is 31.6 Å². The number of nitrogens with zero attached hydrogens (tertiary/aromatic N) is 3. The van der Waals surface area contributed by atoms with Gasteiger partial charge in [0.2, 0.25) is 5.91 Å². The molecule has 41 heavy (non-hydrogen) atoms. The number of aromatic nitrogens is 2. The highest BCUT2D eigenvalue weighted by Gasteiger charge is 2.31. The molecule has 0 atom stereocenters. The SMILES string of the molecule is N#CCc1cc(CNCCCCOCCNc2nc3cc(C(N)=O)ccc3c3cnccc23)cc(OC(F)(F)F)c1. The van der Waals surface area contributed by atoms with E-state index in [1.54, 1.807) is 30.6 Å². The highest BCUT2D eigenvalue weighted by Crippen LogP contribution is 2.29. The van der Waals surface area contributed by atoms with E-state index < -0.39 is 12.3 Å².